The van der Waals surface area contributed by atoms with Crippen LogP contribution >= 0.6 is 11.3 Å². The molecule has 20 heavy (non-hydrogen) atoms. The molecule has 0 radical (unpaired) electrons. The van der Waals surface area contributed by atoms with E-state index >= 15 is 0 Å². The second-order valence-electron chi connectivity index (χ2n) is 4.16. The molecular formula is C13H9N3O3S. The SMILES string of the molecule is O=C(O)c1csc(NN=C2CC(=O)c3ccccc32)n1. The molecule has 6 nitrogen and oxygen atoms in total. The predicted octanol–water partition coefficient (Wildman–Crippen LogP) is 2.24. The van der Waals surface area contributed by atoms with Gasteiger partial charge in [0.05, 0.1) is 12.1 Å². The number of carbonyl (C=O) groups is 2. The minimum atomic E-state index is -1.08. The van der Waals surface area contributed by atoms with Gasteiger partial charge in [-0.1, -0.05) is 24.3 Å². The van der Waals surface area contributed by atoms with E-state index in [4.69, 9.17) is 5.11 Å². The largest absolute Gasteiger partial charge is 0.476 e. The minimum absolute atomic E-state index is 0.0272. The van der Waals surface area contributed by atoms with Gasteiger partial charge in [0.1, 0.15) is 0 Å². The fraction of sp³-hybridized carbons (Fsp3) is 0.0769. The summed E-state index contributed by atoms with van der Waals surface area (Å²) in [7, 11) is 0. The van der Waals surface area contributed by atoms with Crippen molar-refractivity contribution in [3.63, 3.8) is 0 Å². The number of carboxylic acids is 1. The van der Waals surface area contributed by atoms with E-state index in [1.807, 2.05) is 18.2 Å². The molecule has 0 amide bonds. The maximum atomic E-state index is 11.8. The molecule has 2 aromatic rings. The Bertz CT molecular complexity index is 736. The third kappa shape index (κ3) is 2.19. The number of nitrogens with zero attached hydrogens (tertiary/aromatic N) is 2. The third-order valence-electron chi connectivity index (χ3n) is 2.88. The van der Waals surface area contributed by atoms with Crippen molar-refractivity contribution in [3.8, 4) is 0 Å². The molecule has 1 aliphatic rings. The first-order chi connectivity index (χ1) is 9.65. The molecule has 0 spiro atoms. The van der Waals surface area contributed by atoms with Gasteiger partial charge in [0.2, 0.25) is 5.13 Å². The van der Waals surface area contributed by atoms with E-state index in [0.717, 1.165) is 16.9 Å². The van der Waals surface area contributed by atoms with Crippen molar-refractivity contribution in [2.45, 2.75) is 6.42 Å². The van der Waals surface area contributed by atoms with Crippen LogP contribution in [0.4, 0.5) is 5.13 Å². The Morgan fingerprint density at radius 2 is 2.10 bits per heavy atom. The van der Waals surface area contributed by atoms with E-state index in [0.29, 0.717) is 16.4 Å². The molecule has 100 valence electrons. The zero-order valence-electron chi connectivity index (χ0n) is 10.2. The summed E-state index contributed by atoms with van der Waals surface area (Å²) in [6, 6.07) is 7.27. The van der Waals surface area contributed by atoms with E-state index in [9.17, 15) is 9.59 Å². The number of ketones is 1. The first-order valence-corrected chi connectivity index (χ1v) is 6.67. The number of hydrogen-bond acceptors (Lipinski definition) is 6. The van der Waals surface area contributed by atoms with Gasteiger partial charge in [-0.3, -0.25) is 10.2 Å². The summed E-state index contributed by atoms with van der Waals surface area (Å²) >= 11 is 1.15. The van der Waals surface area contributed by atoms with Crippen molar-refractivity contribution in [1.29, 1.82) is 0 Å². The maximum Gasteiger partial charge on any atom is 0.355 e. The van der Waals surface area contributed by atoms with E-state index in [2.05, 4.69) is 15.5 Å². The number of aromatic nitrogens is 1. The maximum absolute atomic E-state index is 11.8. The second-order valence-corrected chi connectivity index (χ2v) is 5.02. The number of benzene rings is 1. The van der Waals surface area contributed by atoms with Crippen molar-refractivity contribution in [1.82, 2.24) is 4.98 Å². The Balaban J connectivity index is 1.83. The molecule has 2 N–H and O–H groups in total. The number of hydrazone groups is 1. The summed E-state index contributed by atoms with van der Waals surface area (Å²) in [5.41, 5.74) is 4.78. The molecule has 0 unspecified atom stereocenters. The summed E-state index contributed by atoms with van der Waals surface area (Å²) in [5.74, 6) is -1.05. The molecule has 0 saturated carbocycles. The number of nitrogens with one attached hydrogen (secondary N) is 1. The van der Waals surface area contributed by atoms with Crippen LogP contribution in [0.3, 0.4) is 0 Å². The molecule has 0 atom stereocenters. The number of Topliss-reactive ketones (excluding diaryl/α,β-unsaturated/α-hetero) is 1. The van der Waals surface area contributed by atoms with E-state index in [-0.39, 0.29) is 17.9 Å². The lowest BCUT2D eigenvalue weighted by atomic mass is 10.1. The molecule has 1 heterocycles. The number of fused-ring (bicyclic) bond motifs is 1. The number of rotatable bonds is 3. The van der Waals surface area contributed by atoms with E-state index in [1.54, 1.807) is 6.07 Å². The zero-order valence-corrected chi connectivity index (χ0v) is 11.0. The van der Waals surface area contributed by atoms with Gasteiger partial charge in [-0.15, -0.1) is 11.3 Å². The standard InChI is InChI=1S/C13H9N3O3S/c17-11-5-9(7-3-1-2-4-8(7)11)15-16-13-14-10(6-20-13)12(18)19/h1-4,6H,5H2,(H,14,16)(H,18,19). The number of anilines is 1. The van der Waals surface area contributed by atoms with Gasteiger partial charge in [-0.05, 0) is 0 Å². The molecular weight excluding hydrogens is 278 g/mol. The highest BCUT2D eigenvalue weighted by Gasteiger charge is 2.25. The Kier molecular flexibility index (Phi) is 3.03. The fourth-order valence-electron chi connectivity index (χ4n) is 1.96. The summed E-state index contributed by atoms with van der Waals surface area (Å²) < 4.78 is 0. The molecule has 7 heteroatoms. The van der Waals surface area contributed by atoms with Gasteiger partial charge in [0.15, 0.2) is 11.5 Å². The van der Waals surface area contributed by atoms with Crippen LogP contribution in [0.1, 0.15) is 32.8 Å². The van der Waals surface area contributed by atoms with Crippen molar-refractivity contribution in [2.75, 3.05) is 5.43 Å². The van der Waals surface area contributed by atoms with Crippen LogP contribution in [0.5, 0.6) is 0 Å². The quantitative estimate of drug-likeness (QED) is 0.845. The highest BCUT2D eigenvalue weighted by molar-refractivity contribution is 7.13. The van der Waals surface area contributed by atoms with Crippen molar-refractivity contribution in [3.05, 3.63) is 46.5 Å². The van der Waals surface area contributed by atoms with Gasteiger partial charge in [-0.25, -0.2) is 9.78 Å². The molecule has 1 aliphatic carbocycles. The summed E-state index contributed by atoms with van der Waals surface area (Å²) in [4.78, 5) is 26.4. The highest BCUT2D eigenvalue weighted by atomic mass is 32.1. The number of carbonyl (C=O) groups excluding carboxylic acids is 1. The lowest BCUT2D eigenvalue weighted by Gasteiger charge is -1.99. The number of hydrogen-bond donors (Lipinski definition) is 2. The second kappa shape index (κ2) is 4.86. The molecule has 3 rings (SSSR count). The number of thiazole rings is 1. The first-order valence-electron chi connectivity index (χ1n) is 5.79. The van der Waals surface area contributed by atoms with Crippen LogP contribution < -0.4 is 5.43 Å². The van der Waals surface area contributed by atoms with E-state index < -0.39 is 5.97 Å². The fourth-order valence-corrected chi connectivity index (χ4v) is 2.59. The van der Waals surface area contributed by atoms with Crippen molar-refractivity contribution < 1.29 is 14.7 Å². The molecule has 0 saturated heterocycles. The van der Waals surface area contributed by atoms with Crippen LogP contribution in [0.15, 0.2) is 34.7 Å². The Hall–Kier alpha value is -2.54. The average Bonchev–Trinajstić information content (AvgIpc) is 3.03. The number of carboxylic acid groups (broad SMARTS) is 1. The smallest absolute Gasteiger partial charge is 0.355 e. The van der Waals surface area contributed by atoms with Crippen LogP contribution in [0, 0.1) is 0 Å². The predicted molar refractivity (Wildman–Crippen MR) is 74.6 cm³/mol. The van der Waals surface area contributed by atoms with Crippen LogP contribution in [-0.2, 0) is 0 Å². The summed E-state index contributed by atoms with van der Waals surface area (Å²) in [6.45, 7) is 0. The lowest BCUT2D eigenvalue weighted by molar-refractivity contribution is 0.0691. The first kappa shape index (κ1) is 12.5. The average molecular weight is 287 g/mol. The van der Waals surface area contributed by atoms with Crippen LogP contribution in [0.2, 0.25) is 0 Å². The summed E-state index contributed by atoms with van der Waals surface area (Å²) in [6.07, 6.45) is 0.240. The highest BCUT2D eigenvalue weighted by Crippen LogP contribution is 2.23. The Morgan fingerprint density at radius 1 is 1.35 bits per heavy atom. The molecule has 0 bridgehead atoms. The van der Waals surface area contributed by atoms with Gasteiger partial charge in [-0.2, -0.15) is 5.10 Å². The molecule has 0 aliphatic heterocycles. The summed E-state index contributed by atoms with van der Waals surface area (Å²) in [5, 5.41) is 14.7. The third-order valence-corrected chi connectivity index (χ3v) is 3.62. The molecule has 0 fully saturated rings. The lowest BCUT2D eigenvalue weighted by Crippen LogP contribution is -2.01. The normalized spacial score (nSPS) is 15.4. The van der Waals surface area contributed by atoms with Crippen molar-refractivity contribution in [2.24, 2.45) is 5.10 Å². The zero-order chi connectivity index (χ0) is 14.1. The monoisotopic (exact) mass is 287 g/mol. The molecule has 1 aromatic heterocycles. The number of aromatic carboxylic acids is 1. The van der Waals surface area contributed by atoms with Gasteiger partial charge >= 0.3 is 5.97 Å². The van der Waals surface area contributed by atoms with Gasteiger partial charge < -0.3 is 5.11 Å². The van der Waals surface area contributed by atoms with Crippen LogP contribution in [-0.4, -0.2) is 27.6 Å². The minimum Gasteiger partial charge on any atom is -0.476 e. The van der Waals surface area contributed by atoms with Gasteiger partial charge in [0.25, 0.3) is 0 Å². The Morgan fingerprint density at radius 3 is 2.80 bits per heavy atom. The van der Waals surface area contributed by atoms with Gasteiger partial charge in [0, 0.05) is 16.5 Å². The topological polar surface area (TPSA) is 91.6 Å². The van der Waals surface area contributed by atoms with E-state index in [1.165, 1.54) is 5.38 Å². The van der Waals surface area contributed by atoms with Crippen molar-refractivity contribution >= 4 is 33.9 Å². The molecule has 1 aromatic carbocycles. The van der Waals surface area contributed by atoms with Crippen LogP contribution in [0.25, 0.3) is 0 Å². The Labute approximate surface area is 117 Å².